The number of carbonyl (C=O) groups is 1. The van der Waals surface area contributed by atoms with Crippen LogP contribution < -0.4 is 0 Å². The molecule has 0 N–H and O–H groups in total. The van der Waals surface area contributed by atoms with E-state index in [-0.39, 0.29) is 0 Å². The molecule has 1 fully saturated rings. The Labute approximate surface area is 98.9 Å². The summed E-state index contributed by atoms with van der Waals surface area (Å²) >= 11 is 0. The Balaban J connectivity index is 2.77. The molecule has 0 heterocycles. The van der Waals surface area contributed by atoms with Crippen LogP contribution in [0.3, 0.4) is 0 Å². The van der Waals surface area contributed by atoms with Gasteiger partial charge in [0.15, 0.2) is 0 Å². The van der Waals surface area contributed by atoms with Crippen LogP contribution in [0.5, 0.6) is 0 Å². The number of aldehydes is 1. The predicted molar refractivity (Wildman–Crippen MR) is 67.9 cm³/mol. The van der Waals surface area contributed by atoms with Gasteiger partial charge >= 0.3 is 0 Å². The minimum Gasteiger partial charge on any atom is -0.366 e. The standard InChI is InChI=1S/C13H24N2O/c1-4-5-8-12(15(2)3)14-13(11-16)9-6-7-10-13/h11H,4-10H2,1-3H3. The van der Waals surface area contributed by atoms with Gasteiger partial charge in [-0.05, 0) is 19.3 Å². The zero-order valence-electron chi connectivity index (χ0n) is 10.8. The third kappa shape index (κ3) is 3.32. The molecule has 0 aromatic rings. The molecule has 0 unspecified atom stereocenters. The Morgan fingerprint density at radius 2 is 2.00 bits per heavy atom. The fourth-order valence-corrected chi connectivity index (χ4v) is 2.21. The van der Waals surface area contributed by atoms with Crippen molar-refractivity contribution < 1.29 is 4.79 Å². The van der Waals surface area contributed by atoms with Gasteiger partial charge in [0.05, 0.1) is 5.84 Å². The van der Waals surface area contributed by atoms with Crippen molar-refractivity contribution >= 4 is 12.1 Å². The fourth-order valence-electron chi connectivity index (χ4n) is 2.21. The quantitative estimate of drug-likeness (QED) is 0.408. The Morgan fingerprint density at radius 1 is 1.38 bits per heavy atom. The van der Waals surface area contributed by atoms with Gasteiger partial charge in [0.2, 0.25) is 0 Å². The van der Waals surface area contributed by atoms with Gasteiger partial charge in [0, 0.05) is 20.5 Å². The van der Waals surface area contributed by atoms with E-state index in [0.717, 1.165) is 50.6 Å². The number of hydrogen-bond acceptors (Lipinski definition) is 2. The average molecular weight is 224 g/mol. The highest BCUT2D eigenvalue weighted by atomic mass is 16.1. The van der Waals surface area contributed by atoms with Crippen LogP contribution in [-0.4, -0.2) is 36.7 Å². The smallest absolute Gasteiger partial charge is 0.147 e. The van der Waals surface area contributed by atoms with Gasteiger partial charge < -0.3 is 9.69 Å². The van der Waals surface area contributed by atoms with Crippen LogP contribution in [0.15, 0.2) is 4.99 Å². The average Bonchev–Trinajstić information content (AvgIpc) is 2.73. The van der Waals surface area contributed by atoms with E-state index >= 15 is 0 Å². The lowest BCUT2D eigenvalue weighted by molar-refractivity contribution is -0.112. The summed E-state index contributed by atoms with van der Waals surface area (Å²) in [5.74, 6) is 1.08. The lowest BCUT2D eigenvalue weighted by atomic mass is 10.0. The predicted octanol–water partition coefficient (Wildman–Crippen LogP) is 2.65. The SMILES string of the molecule is CCCCC(=NC1(C=O)CCCC1)N(C)C. The Hall–Kier alpha value is -0.860. The summed E-state index contributed by atoms with van der Waals surface area (Å²) in [6.07, 6.45) is 8.49. The van der Waals surface area contributed by atoms with E-state index in [2.05, 4.69) is 11.8 Å². The Morgan fingerprint density at radius 3 is 2.44 bits per heavy atom. The summed E-state index contributed by atoms with van der Waals surface area (Å²) in [4.78, 5) is 18.0. The summed E-state index contributed by atoms with van der Waals surface area (Å²) in [6.45, 7) is 2.18. The molecule has 0 radical (unpaired) electrons. The zero-order chi connectivity index (χ0) is 12.0. The van der Waals surface area contributed by atoms with Crippen molar-refractivity contribution in [3.05, 3.63) is 0 Å². The maximum atomic E-state index is 11.2. The first-order valence-corrected chi connectivity index (χ1v) is 6.36. The second kappa shape index (κ2) is 6.02. The minimum atomic E-state index is -0.395. The van der Waals surface area contributed by atoms with Crippen LogP contribution in [0.1, 0.15) is 51.9 Å². The van der Waals surface area contributed by atoms with E-state index in [1.165, 1.54) is 6.42 Å². The van der Waals surface area contributed by atoms with Crippen molar-refractivity contribution in [2.24, 2.45) is 4.99 Å². The van der Waals surface area contributed by atoms with Crippen LogP contribution in [0.2, 0.25) is 0 Å². The van der Waals surface area contributed by atoms with Crippen molar-refractivity contribution in [2.75, 3.05) is 14.1 Å². The molecule has 3 nitrogen and oxygen atoms in total. The third-order valence-corrected chi connectivity index (χ3v) is 3.31. The summed E-state index contributed by atoms with van der Waals surface area (Å²) in [6, 6.07) is 0. The first kappa shape index (κ1) is 13.2. The molecule has 0 aromatic heterocycles. The van der Waals surface area contributed by atoms with E-state index in [4.69, 9.17) is 4.99 Å². The van der Waals surface area contributed by atoms with E-state index in [9.17, 15) is 4.79 Å². The number of hydrogen-bond donors (Lipinski definition) is 0. The summed E-state index contributed by atoms with van der Waals surface area (Å²) in [5, 5.41) is 0. The molecule has 16 heavy (non-hydrogen) atoms. The van der Waals surface area contributed by atoms with Crippen molar-refractivity contribution in [3.8, 4) is 0 Å². The molecule has 0 amide bonds. The van der Waals surface area contributed by atoms with Gasteiger partial charge in [-0.15, -0.1) is 0 Å². The van der Waals surface area contributed by atoms with Crippen LogP contribution in [0.25, 0.3) is 0 Å². The molecule has 0 aromatic carbocycles. The van der Waals surface area contributed by atoms with E-state index < -0.39 is 5.54 Å². The van der Waals surface area contributed by atoms with Gasteiger partial charge in [0.1, 0.15) is 11.8 Å². The number of carbonyl (C=O) groups excluding carboxylic acids is 1. The molecule has 1 aliphatic rings. The highest BCUT2D eigenvalue weighted by Gasteiger charge is 2.33. The van der Waals surface area contributed by atoms with Gasteiger partial charge in [-0.1, -0.05) is 26.2 Å². The molecule has 0 aliphatic heterocycles. The second-order valence-corrected chi connectivity index (χ2v) is 4.95. The molecule has 1 saturated carbocycles. The van der Waals surface area contributed by atoms with Crippen molar-refractivity contribution in [1.82, 2.24) is 4.90 Å². The maximum absolute atomic E-state index is 11.2. The molecule has 1 rings (SSSR count). The van der Waals surface area contributed by atoms with E-state index in [1.54, 1.807) is 0 Å². The van der Waals surface area contributed by atoms with Crippen LogP contribution in [-0.2, 0) is 4.79 Å². The lowest BCUT2D eigenvalue weighted by Crippen LogP contribution is -2.31. The number of rotatable bonds is 5. The van der Waals surface area contributed by atoms with Crippen LogP contribution >= 0.6 is 0 Å². The summed E-state index contributed by atoms with van der Waals surface area (Å²) < 4.78 is 0. The lowest BCUT2D eigenvalue weighted by Gasteiger charge is -2.23. The molecule has 1 aliphatic carbocycles. The third-order valence-electron chi connectivity index (χ3n) is 3.31. The number of aliphatic imine (C=N–C) groups is 1. The van der Waals surface area contributed by atoms with Crippen LogP contribution in [0, 0.1) is 0 Å². The molecular formula is C13H24N2O. The number of unbranched alkanes of at least 4 members (excludes halogenated alkanes) is 1. The van der Waals surface area contributed by atoms with Gasteiger partial charge in [-0.25, -0.2) is 0 Å². The highest BCUT2D eigenvalue weighted by Crippen LogP contribution is 2.32. The molecule has 0 bridgehead atoms. The fraction of sp³-hybridized carbons (Fsp3) is 0.846. The Kier molecular flexibility index (Phi) is 4.97. The molecule has 0 saturated heterocycles. The monoisotopic (exact) mass is 224 g/mol. The van der Waals surface area contributed by atoms with Gasteiger partial charge in [-0.3, -0.25) is 4.99 Å². The summed E-state index contributed by atoms with van der Waals surface area (Å²) in [7, 11) is 4.03. The number of nitrogens with zero attached hydrogens (tertiary/aromatic N) is 2. The molecule has 0 atom stereocenters. The maximum Gasteiger partial charge on any atom is 0.147 e. The largest absolute Gasteiger partial charge is 0.366 e. The minimum absolute atomic E-state index is 0.395. The molecule has 0 spiro atoms. The normalized spacial score (nSPS) is 19.8. The van der Waals surface area contributed by atoms with E-state index in [1.807, 2.05) is 14.1 Å². The summed E-state index contributed by atoms with van der Waals surface area (Å²) in [5.41, 5.74) is -0.395. The van der Waals surface area contributed by atoms with Crippen LogP contribution in [0.4, 0.5) is 0 Å². The first-order chi connectivity index (χ1) is 7.63. The number of amidine groups is 1. The van der Waals surface area contributed by atoms with Crippen molar-refractivity contribution in [1.29, 1.82) is 0 Å². The van der Waals surface area contributed by atoms with E-state index in [0.29, 0.717) is 0 Å². The topological polar surface area (TPSA) is 32.7 Å². The first-order valence-electron chi connectivity index (χ1n) is 6.36. The zero-order valence-corrected chi connectivity index (χ0v) is 10.8. The van der Waals surface area contributed by atoms with Gasteiger partial charge in [-0.2, -0.15) is 0 Å². The van der Waals surface area contributed by atoms with Crippen molar-refractivity contribution in [3.63, 3.8) is 0 Å². The molecular weight excluding hydrogens is 200 g/mol. The highest BCUT2D eigenvalue weighted by molar-refractivity contribution is 5.84. The van der Waals surface area contributed by atoms with Gasteiger partial charge in [0.25, 0.3) is 0 Å². The molecule has 3 heteroatoms. The second-order valence-electron chi connectivity index (χ2n) is 4.95. The Bertz CT molecular complexity index is 253. The van der Waals surface area contributed by atoms with Crippen molar-refractivity contribution in [2.45, 2.75) is 57.4 Å². The molecule has 92 valence electrons.